The largest absolute Gasteiger partial charge is 0.458 e. The first-order valence-electron chi connectivity index (χ1n) is 15.2. The molecule has 0 spiro atoms. The van der Waals surface area contributed by atoms with E-state index in [-0.39, 0.29) is 17.6 Å². The van der Waals surface area contributed by atoms with Crippen LogP contribution < -0.4 is 5.32 Å². The Morgan fingerprint density at radius 1 is 0.683 bits per heavy atom. The zero-order valence-electron chi connectivity index (χ0n) is 28.7. The zero-order valence-corrected chi connectivity index (χ0v) is 29.7. The van der Waals surface area contributed by atoms with Crippen molar-refractivity contribution in [3.8, 4) is 0 Å². The fraction of sp³-hybridized carbons (Fsp3) is 0.903. The van der Waals surface area contributed by atoms with Gasteiger partial charge in [-0.15, -0.1) is 0 Å². The summed E-state index contributed by atoms with van der Waals surface area (Å²) >= 11 is 0. The van der Waals surface area contributed by atoms with Crippen molar-refractivity contribution in [3.63, 3.8) is 0 Å². The van der Waals surface area contributed by atoms with Crippen LogP contribution in [0.2, 0.25) is 18.1 Å². The Balaban J connectivity index is 5.12. The van der Waals surface area contributed by atoms with Crippen LogP contribution in [0.3, 0.4) is 0 Å². The number of nitrogens with zero attached hydrogens (tertiary/aromatic N) is 1. The average molecular weight is 603 g/mol. The number of nitrogens with one attached hydrogen (secondary N) is 1. The van der Waals surface area contributed by atoms with E-state index in [2.05, 4.69) is 39.2 Å². The molecule has 2 amide bonds. The lowest BCUT2D eigenvalue weighted by molar-refractivity contribution is -0.157. The molecule has 242 valence electrons. The normalized spacial score (nSPS) is 13.8. The lowest BCUT2D eigenvalue weighted by atomic mass is 10.1. The smallest absolute Gasteiger partial charge is 0.410 e. The highest BCUT2D eigenvalue weighted by molar-refractivity contribution is 6.74. The van der Waals surface area contributed by atoms with Crippen molar-refractivity contribution >= 4 is 26.5 Å². The molecule has 1 atom stereocenters. The Bertz CT molecular complexity index is 818. The summed E-state index contributed by atoms with van der Waals surface area (Å²) in [6, 6.07) is -0.898. The van der Waals surface area contributed by atoms with Crippen LogP contribution in [0, 0.1) is 0 Å². The van der Waals surface area contributed by atoms with Gasteiger partial charge in [0.2, 0.25) is 0 Å². The van der Waals surface area contributed by atoms with Crippen LogP contribution in [0.4, 0.5) is 9.59 Å². The third kappa shape index (κ3) is 19.1. The summed E-state index contributed by atoms with van der Waals surface area (Å²) in [7, 11) is -1.73. The number of ether oxygens (including phenoxy) is 3. The standard InChI is InChI=1S/C31H62N2O7Si/c1-28(2,3)38-25(34)24(32-26(35)39-29(4,5)6)20-19-22-33(27(36)40-30(7,8)9)21-17-15-16-18-23-37-41(13,14)31(10,11)12/h24H,15-23H2,1-14H3,(H,32,35)/t24-/m0/s1. The van der Waals surface area contributed by atoms with Crippen molar-refractivity contribution in [2.24, 2.45) is 0 Å². The fourth-order valence-electron chi connectivity index (χ4n) is 3.48. The number of unbranched alkanes of at least 4 members (excludes halogenated alkanes) is 3. The molecular weight excluding hydrogens is 540 g/mol. The maximum absolute atomic E-state index is 13.0. The van der Waals surface area contributed by atoms with E-state index in [1.165, 1.54) is 0 Å². The van der Waals surface area contributed by atoms with Gasteiger partial charge in [0.05, 0.1) is 0 Å². The fourth-order valence-corrected chi connectivity index (χ4v) is 4.57. The second-order valence-corrected chi connectivity index (χ2v) is 20.2. The highest BCUT2D eigenvalue weighted by atomic mass is 28.4. The van der Waals surface area contributed by atoms with Gasteiger partial charge < -0.3 is 28.9 Å². The lowest BCUT2D eigenvalue weighted by Crippen LogP contribution is -2.46. The highest BCUT2D eigenvalue weighted by Crippen LogP contribution is 2.36. The molecule has 0 unspecified atom stereocenters. The molecule has 0 aromatic carbocycles. The van der Waals surface area contributed by atoms with Crippen molar-refractivity contribution in [1.82, 2.24) is 10.2 Å². The van der Waals surface area contributed by atoms with Crippen LogP contribution in [0.5, 0.6) is 0 Å². The van der Waals surface area contributed by atoms with Gasteiger partial charge in [-0.3, -0.25) is 0 Å². The van der Waals surface area contributed by atoms with E-state index in [0.717, 1.165) is 32.3 Å². The minimum atomic E-state index is -1.73. The molecule has 0 fully saturated rings. The molecule has 0 aliphatic rings. The van der Waals surface area contributed by atoms with Crippen molar-refractivity contribution in [3.05, 3.63) is 0 Å². The lowest BCUT2D eigenvalue weighted by Gasteiger charge is -2.36. The first-order chi connectivity index (χ1) is 18.3. The molecule has 10 heteroatoms. The van der Waals surface area contributed by atoms with Gasteiger partial charge in [0.1, 0.15) is 22.8 Å². The minimum Gasteiger partial charge on any atom is -0.458 e. The van der Waals surface area contributed by atoms with Crippen LogP contribution >= 0.6 is 0 Å². The number of rotatable bonds is 14. The Labute approximate surface area is 251 Å². The van der Waals surface area contributed by atoms with Gasteiger partial charge in [-0.2, -0.15) is 0 Å². The van der Waals surface area contributed by atoms with E-state index < -0.39 is 43.2 Å². The number of esters is 1. The molecule has 0 heterocycles. The molecule has 41 heavy (non-hydrogen) atoms. The molecular formula is C31H62N2O7Si. The predicted octanol–water partition coefficient (Wildman–Crippen LogP) is 7.82. The first kappa shape index (κ1) is 39.2. The molecule has 1 N–H and O–H groups in total. The minimum absolute atomic E-state index is 0.200. The molecule has 0 saturated heterocycles. The molecule has 0 saturated carbocycles. The summed E-state index contributed by atoms with van der Waals surface area (Å²) in [6.07, 6.45) is 3.52. The van der Waals surface area contributed by atoms with Gasteiger partial charge >= 0.3 is 18.2 Å². The third-order valence-corrected chi connectivity index (χ3v) is 11.1. The highest BCUT2D eigenvalue weighted by Gasteiger charge is 2.36. The van der Waals surface area contributed by atoms with E-state index in [1.807, 2.05) is 20.8 Å². The number of amides is 2. The van der Waals surface area contributed by atoms with Gasteiger partial charge in [-0.1, -0.05) is 33.6 Å². The molecule has 0 radical (unpaired) electrons. The zero-order chi connectivity index (χ0) is 32.3. The van der Waals surface area contributed by atoms with Crippen LogP contribution in [0.15, 0.2) is 0 Å². The van der Waals surface area contributed by atoms with Crippen LogP contribution in [0.1, 0.15) is 122 Å². The summed E-state index contributed by atoms with van der Waals surface area (Å²) in [6.45, 7) is 29.1. The number of alkyl carbamates (subject to hydrolysis) is 1. The Hall–Kier alpha value is -1.81. The van der Waals surface area contributed by atoms with E-state index in [4.69, 9.17) is 18.6 Å². The number of hydrogen-bond acceptors (Lipinski definition) is 7. The maximum Gasteiger partial charge on any atom is 0.410 e. The van der Waals surface area contributed by atoms with Crippen molar-refractivity contribution in [1.29, 1.82) is 0 Å². The second kappa shape index (κ2) is 16.1. The maximum atomic E-state index is 13.0. The number of carbonyl (C=O) groups is 3. The van der Waals surface area contributed by atoms with Crippen LogP contribution in [-0.2, 0) is 23.4 Å². The van der Waals surface area contributed by atoms with Gasteiger partial charge in [-0.05, 0) is 106 Å². The second-order valence-electron chi connectivity index (χ2n) is 15.4. The molecule has 0 bridgehead atoms. The number of hydrogen-bond donors (Lipinski definition) is 1. The first-order valence-corrected chi connectivity index (χ1v) is 18.1. The molecule has 0 aromatic heterocycles. The summed E-state index contributed by atoms with van der Waals surface area (Å²) in [5, 5.41) is 2.85. The third-order valence-electron chi connectivity index (χ3n) is 6.55. The Kier molecular flexibility index (Phi) is 15.4. The summed E-state index contributed by atoms with van der Waals surface area (Å²) in [5.41, 5.74) is -2.02. The van der Waals surface area contributed by atoms with Crippen LogP contribution in [0.25, 0.3) is 0 Å². The van der Waals surface area contributed by atoms with Gasteiger partial charge in [0.15, 0.2) is 8.32 Å². The van der Waals surface area contributed by atoms with E-state index >= 15 is 0 Å². The van der Waals surface area contributed by atoms with E-state index in [9.17, 15) is 14.4 Å². The topological polar surface area (TPSA) is 103 Å². The summed E-state index contributed by atoms with van der Waals surface area (Å²) in [4.78, 5) is 39.9. The summed E-state index contributed by atoms with van der Waals surface area (Å²) < 4.78 is 22.8. The molecule has 0 rings (SSSR count). The SMILES string of the molecule is CC(C)(C)OC(=O)N[C@@H](CCCN(CCCCCCO[Si](C)(C)C(C)(C)C)C(=O)OC(C)(C)C)C(=O)OC(C)(C)C. The average Bonchev–Trinajstić information content (AvgIpc) is 2.71. The Morgan fingerprint density at radius 2 is 1.17 bits per heavy atom. The Morgan fingerprint density at radius 3 is 1.66 bits per heavy atom. The summed E-state index contributed by atoms with van der Waals surface area (Å²) in [5.74, 6) is -0.535. The van der Waals surface area contributed by atoms with Crippen LogP contribution in [-0.4, -0.2) is 73.9 Å². The van der Waals surface area contributed by atoms with Crippen molar-refractivity contribution in [2.75, 3.05) is 19.7 Å². The monoisotopic (exact) mass is 602 g/mol. The van der Waals surface area contributed by atoms with E-state index in [1.54, 1.807) is 46.4 Å². The quantitative estimate of drug-likeness (QED) is 0.0935. The van der Waals surface area contributed by atoms with Gasteiger partial charge in [0.25, 0.3) is 0 Å². The molecule has 0 aliphatic carbocycles. The van der Waals surface area contributed by atoms with Crippen molar-refractivity contribution < 1.29 is 33.0 Å². The predicted molar refractivity (Wildman–Crippen MR) is 168 cm³/mol. The molecule has 0 aliphatic heterocycles. The molecule has 0 aromatic rings. The van der Waals surface area contributed by atoms with Gasteiger partial charge in [0, 0.05) is 19.7 Å². The van der Waals surface area contributed by atoms with E-state index in [0.29, 0.717) is 19.5 Å². The molecule has 9 nitrogen and oxygen atoms in total. The number of carbonyl (C=O) groups excluding carboxylic acids is 3. The van der Waals surface area contributed by atoms with Crippen molar-refractivity contribution in [2.45, 2.75) is 163 Å². The van der Waals surface area contributed by atoms with Gasteiger partial charge in [-0.25, -0.2) is 14.4 Å².